The lowest BCUT2D eigenvalue weighted by atomic mass is 10.2. The Labute approximate surface area is 75.3 Å². The molecule has 1 aromatic heterocycles. The summed E-state index contributed by atoms with van der Waals surface area (Å²) in [6.07, 6.45) is 0.338. The molecule has 0 aliphatic rings. The van der Waals surface area contributed by atoms with E-state index in [1.165, 1.54) is 0 Å². The lowest BCUT2D eigenvalue weighted by Gasteiger charge is -1.96. The molecule has 0 saturated carbocycles. The second-order valence-corrected chi connectivity index (χ2v) is 2.49. The molecule has 1 N–H and O–H groups in total. The first-order chi connectivity index (χ1) is 6.19. The number of aryl methyl sites for hydroxylation is 1. The van der Waals surface area contributed by atoms with E-state index in [1.54, 1.807) is 13.8 Å². The summed E-state index contributed by atoms with van der Waals surface area (Å²) in [5.41, 5.74) is 0.760. The van der Waals surface area contributed by atoms with Crippen LogP contribution >= 0.6 is 0 Å². The van der Waals surface area contributed by atoms with Crippen molar-refractivity contribution >= 4 is 11.8 Å². The molecule has 0 bridgehead atoms. The van der Waals surface area contributed by atoms with E-state index < -0.39 is 0 Å². The normalized spacial score (nSPS) is 9.31. The molecule has 1 aromatic rings. The van der Waals surface area contributed by atoms with E-state index in [1.807, 2.05) is 6.07 Å². The van der Waals surface area contributed by atoms with Gasteiger partial charge >= 0.3 is 0 Å². The maximum Gasteiger partial charge on any atom is 0.249 e. The zero-order chi connectivity index (χ0) is 9.84. The van der Waals surface area contributed by atoms with E-state index in [4.69, 9.17) is 9.78 Å². The molecule has 1 heterocycles. The van der Waals surface area contributed by atoms with Gasteiger partial charge in [0.05, 0.1) is 0 Å². The first-order valence-electron chi connectivity index (χ1n) is 3.85. The number of hydrogen-bond donors (Lipinski definition) is 1. The molecule has 0 fully saturated rings. The van der Waals surface area contributed by atoms with E-state index in [-0.39, 0.29) is 17.4 Å². The van der Waals surface area contributed by atoms with Crippen LogP contribution in [-0.4, -0.2) is 11.1 Å². The van der Waals surface area contributed by atoms with Crippen LogP contribution in [0.5, 0.6) is 0 Å². The average molecular weight is 179 g/mol. The van der Waals surface area contributed by atoms with Gasteiger partial charge in [0.25, 0.3) is 0 Å². The standard InChI is InChI=1S/C8H9N3O2/c1-3-7(12)10-8-6(4-9)5(2)11-13-8/h3H2,1-2H3,(H,10,12). The van der Waals surface area contributed by atoms with Crippen LogP contribution in [0, 0.1) is 18.3 Å². The van der Waals surface area contributed by atoms with Gasteiger partial charge in [0.15, 0.2) is 0 Å². The van der Waals surface area contributed by atoms with Crippen LogP contribution in [-0.2, 0) is 4.79 Å². The summed E-state index contributed by atoms with van der Waals surface area (Å²) in [5.74, 6) is -0.0699. The van der Waals surface area contributed by atoms with E-state index in [9.17, 15) is 4.79 Å². The summed E-state index contributed by atoms with van der Waals surface area (Å²) < 4.78 is 4.75. The molecule has 0 saturated heterocycles. The minimum atomic E-state index is -0.201. The highest BCUT2D eigenvalue weighted by Gasteiger charge is 2.13. The highest BCUT2D eigenvalue weighted by molar-refractivity contribution is 5.90. The minimum absolute atomic E-state index is 0.131. The molecule has 0 radical (unpaired) electrons. The molecule has 1 amide bonds. The van der Waals surface area contributed by atoms with Gasteiger partial charge in [-0.1, -0.05) is 12.1 Å². The number of anilines is 1. The number of aromatic nitrogens is 1. The molecule has 0 aliphatic heterocycles. The number of rotatable bonds is 2. The number of nitrogens with zero attached hydrogens (tertiary/aromatic N) is 2. The fourth-order valence-corrected chi connectivity index (χ4v) is 0.802. The van der Waals surface area contributed by atoms with Crippen LogP contribution in [0.3, 0.4) is 0 Å². The van der Waals surface area contributed by atoms with Crippen LogP contribution in [0.4, 0.5) is 5.88 Å². The van der Waals surface area contributed by atoms with E-state index in [0.717, 1.165) is 0 Å². The van der Waals surface area contributed by atoms with Gasteiger partial charge in [0.2, 0.25) is 11.8 Å². The van der Waals surface area contributed by atoms with Crippen molar-refractivity contribution in [2.45, 2.75) is 20.3 Å². The summed E-state index contributed by atoms with van der Waals surface area (Å²) in [6.45, 7) is 3.36. The molecule has 5 nitrogen and oxygen atoms in total. The fourth-order valence-electron chi connectivity index (χ4n) is 0.802. The summed E-state index contributed by atoms with van der Waals surface area (Å²) in [5, 5.41) is 14.7. The van der Waals surface area contributed by atoms with Gasteiger partial charge in [-0.2, -0.15) is 5.26 Å². The second kappa shape index (κ2) is 3.72. The van der Waals surface area contributed by atoms with Gasteiger partial charge in [-0.05, 0) is 6.92 Å². The first kappa shape index (κ1) is 9.26. The second-order valence-electron chi connectivity index (χ2n) is 2.49. The lowest BCUT2D eigenvalue weighted by molar-refractivity contribution is -0.116. The Balaban J connectivity index is 2.90. The molecule has 0 atom stereocenters. The zero-order valence-electron chi connectivity index (χ0n) is 7.42. The number of hydrogen-bond acceptors (Lipinski definition) is 4. The Morgan fingerprint density at radius 1 is 1.77 bits per heavy atom. The maximum absolute atomic E-state index is 11.0. The molecule has 5 heteroatoms. The van der Waals surface area contributed by atoms with Crippen molar-refractivity contribution in [2.75, 3.05) is 5.32 Å². The predicted octanol–water partition coefficient (Wildman–Crippen LogP) is 1.20. The third kappa shape index (κ3) is 1.85. The predicted molar refractivity (Wildman–Crippen MR) is 44.9 cm³/mol. The molecule has 0 spiro atoms. The minimum Gasteiger partial charge on any atom is -0.337 e. The van der Waals surface area contributed by atoms with Crippen molar-refractivity contribution in [3.8, 4) is 6.07 Å². The Kier molecular flexibility index (Phi) is 2.65. The number of carbonyl (C=O) groups excluding carboxylic acids is 1. The van der Waals surface area contributed by atoms with E-state index in [0.29, 0.717) is 12.1 Å². The molecule has 68 valence electrons. The summed E-state index contributed by atoms with van der Waals surface area (Å²) in [7, 11) is 0. The number of nitriles is 1. The van der Waals surface area contributed by atoms with Crippen molar-refractivity contribution in [1.29, 1.82) is 5.26 Å². The van der Waals surface area contributed by atoms with Crippen molar-refractivity contribution in [2.24, 2.45) is 0 Å². The molecule has 0 aromatic carbocycles. The molecular weight excluding hydrogens is 170 g/mol. The Morgan fingerprint density at radius 2 is 2.46 bits per heavy atom. The highest BCUT2D eigenvalue weighted by atomic mass is 16.5. The molecule has 13 heavy (non-hydrogen) atoms. The fraction of sp³-hybridized carbons (Fsp3) is 0.375. The molecule has 0 unspecified atom stereocenters. The monoisotopic (exact) mass is 179 g/mol. The SMILES string of the molecule is CCC(=O)Nc1onc(C)c1C#N. The van der Waals surface area contributed by atoms with Gasteiger partial charge in [-0.3, -0.25) is 10.1 Å². The average Bonchev–Trinajstić information content (AvgIpc) is 2.46. The Bertz CT molecular complexity index is 362. The maximum atomic E-state index is 11.0. The van der Waals surface area contributed by atoms with Gasteiger partial charge in [0.1, 0.15) is 17.3 Å². The van der Waals surface area contributed by atoms with Crippen molar-refractivity contribution < 1.29 is 9.32 Å². The topological polar surface area (TPSA) is 78.9 Å². The quantitative estimate of drug-likeness (QED) is 0.739. The summed E-state index contributed by atoms with van der Waals surface area (Å²) in [6, 6.07) is 1.90. The smallest absolute Gasteiger partial charge is 0.249 e. The third-order valence-corrected chi connectivity index (χ3v) is 1.55. The van der Waals surface area contributed by atoms with Gasteiger partial charge in [0, 0.05) is 6.42 Å². The van der Waals surface area contributed by atoms with Crippen LogP contribution < -0.4 is 5.32 Å². The largest absolute Gasteiger partial charge is 0.337 e. The molecule has 1 rings (SSSR count). The zero-order valence-corrected chi connectivity index (χ0v) is 7.42. The number of carbonyl (C=O) groups is 1. The summed E-state index contributed by atoms with van der Waals surface area (Å²) in [4.78, 5) is 11.0. The number of nitrogens with one attached hydrogen (secondary N) is 1. The van der Waals surface area contributed by atoms with Crippen LogP contribution in [0.1, 0.15) is 24.6 Å². The van der Waals surface area contributed by atoms with Gasteiger partial charge in [-0.25, -0.2) is 0 Å². The Morgan fingerprint density at radius 3 is 3.00 bits per heavy atom. The third-order valence-electron chi connectivity index (χ3n) is 1.55. The van der Waals surface area contributed by atoms with Crippen molar-refractivity contribution in [3.05, 3.63) is 11.3 Å². The molecule has 0 aliphatic carbocycles. The van der Waals surface area contributed by atoms with Crippen molar-refractivity contribution in [3.63, 3.8) is 0 Å². The van der Waals surface area contributed by atoms with Crippen LogP contribution in [0.25, 0.3) is 0 Å². The van der Waals surface area contributed by atoms with Crippen LogP contribution in [0.15, 0.2) is 4.52 Å². The first-order valence-corrected chi connectivity index (χ1v) is 3.85. The van der Waals surface area contributed by atoms with Crippen molar-refractivity contribution in [1.82, 2.24) is 5.16 Å². The van der Waals surface area contributed by atoms with E-state index >= 15 is 0 Å². The Hall–Kier alpha value is -1.83. The summed E-state index contributed by atoms with van der Waals surface area (Å²) >= 11 is 0. The highest BCUT2D eigenvalue weighted by Crippen LogP contribution is 2.17. The molecular formula is C8H9N3O2. The van der Waals surface area contributed by atoms with Gasteiger partial charge in [-0.15, -0.1) is 0 Å². The lowest BCUT2D eigenvalue weighted by Crippen LogP contribution is -2.09. The van der Waals surface area contributed by atoms with Gasteiger partial charge < -0.3 is 4.52 Å². The van der Waals surface area contributed by atoms with Crippen LogP contribution in [0.2, 0.25) is 0 Å². The van der Waals surface area contributed by atoms with E-state index in [2.05, 4.69) is 10.5 Å². The number of amides is 1.